The van der Waals surface area contributed by atoms with Gasteiger partial charge in [0.05, 0.1) is 19.3 Å². The van der Waals surface area contributed by atoms with E-state index in [9.17, 15) is 5.11 Å². The zero-order valence-electron chi connectivity index (χ0n) is 14.0. The molecule has 3 aromatic rings. The number of aromatic hydroxyl groups is 1. The number of piperazine rings is 1. The second kappa shape index (κ2) is 6.85. The molecule has 3 aromatic carbocycles. The molecule has 1 saturated heterocycles. The van der Waals surface area contributed by atoms with Gasteiger partial charge in [0.15, 0.2) is 0 Å². The zero-order valence-corrected chi connectivity index (χ0v) is 14.0. The first-order chi connectivity index (χ1) is 12.3. The second-order valence-corrected chi connectivity index (χ2v) is 6.24. The fraction of sp³-hybridized carbons (Fsp3) is 0.190. The number of phenolic OH excluding ortho intramolecular Hbond substituents is 1. The molecule has 126 valence electrons. The maximum atomic E-state index is 10.2. The number of hydrogen-bond acceptors (Lipinski definition) is 4. The molecule has 0 atom stereocenters. The number of hydrazone groups is 1. The molecule has 0 aliphatic carbocycles. The summed E-state index contributed by atoms with van der Waals surface area (Å²) in [4.78, 5) is 2.38. The van der Waals surface area contributed by atoms with E-state index in [0.29, 0.717) is 0 Å². The SMILES string of the molecule is Oc1ccc2ccccc2c1C=NN1CCN(c2ccccc2)CC1. The largest absolute Gasteiger partial charge is 0.507 e. The van der Waals surface area contributed by atoms with Crippen molar-refractivity contribution in [2.45, 2.75) is 0 Å². The molecule has 1 fully saturated rings. The van der Waals surface area contributed by atoms with Crippen molar-refractivity contribution in [3.05, 3.63) is 72.3 Å². The third kappa shape index (κ3) is 3.29. The van der Waals surface area contributed by atoms with Gasteiger partial charge in [0.25, 0.3) is 0 Å². The van der Waals surface area contributed by atoms with E-state index in [1.54, 1.807) is 12.3 Å². The van der Waals surface area contributed by atoms with Gasteiger partial charge in [-0.05, 0) is 29.0 Å². The number of para-hydroxylation sites is 1. The van der Waals surface area contributed by atoms with E-state index in [4.69, 9.17) is 0 Å². The molecule has 4 heteroatoms. The minimum atomic E-state index is 0.269. The van der Waals surface area contributed by atoms with E-state index >= 15 is 0 Å². The Bertz CT molecular complexity index is 884. The first kappa shape index (κ1) is 15.5. The summed E-state index contributed by atoms with van der Waals surface area (Å²) in [5.74, 6) is 0.269. The van der Waals surface area contributed by atoms with Crippen LogP contribution >= 0.6 is 0 Å². The Morgan fingerprint density at radius 3 is 2.32 bits per heavy atom. The average molecular weight is 331 g/mol. The van der Waals surface area contributed by atoms with Crippen LogP contribution in [0.4, 0.5) is 5.69 Å². The Labute approximate surface area is 147 Å². The molecular formula is C21H21N3O. The van der Waals surface area contributed by atoms with Crippen molar-refractivity contribution < 1.29 is 5.11 Å². The van der Waals surface area contributed by atoms with Gasteiger partial charge in [-0.25, -0.2) is 0 Å². The number of fused-ring (bicyclic) bond motifs is 1. The van der Waals surface area contributed by atoms with E-state index in [0.717, 1.165) is 42.5 Å². The lowest BCUT2D eigenvalue weighted by atomic mass is 10.0. The number of rotatable bonds is 3. The molecule has 1 heterocycles. The lowest BCUT2D eigenvalue weighted by Gasteiger charge is -2.34. The Kier molecular flexibility index (Phi) is 4.25. The van der Waals surface area contributed by atoms with Crippen molar-refractivity contribution in [3.63, 3.8) is 0 Å². The van der Waals surface area contributed by atoms with Gasteiger partial charge in [0.1, 0.15) is 5.75 Å². The number of hydrogen-bond donors (Lipinski definition) is 1. The second-order valence-electron chi connectivity index (χ2n) is 6.24. The van der Waals surface area contributed by atoms with Crippen LogP contribution in [-0.2, 0) is 0 Å². The monoisotopic (exact) mass is 331 g/mol. The summed E-state index contributed by atoms with van der Waals surface area (Å²) in [5, 5.41) is 19.0. The summed E-state index contributed by atoms with van der Waals surface area (Å²) in [6.07, 6.45) is 1.79. The summed E-state index contributed by atoms with van der Waals surface area (Å²) in [6.45, 7) is 3.64. The Hall–Kier alpha value is -3.01. The highest BCUT2D eigenvalue weighted by Gasteiger charge is 2.15. The molecule has 1 aliphatic heterocycles. The normalized spacial score (nSPS) is 15.2. The lowest BCUT2D eigenvalue weighted by Crippen LogP contribution is -2.44. The number of benzene rings is 3. The first-order valence-electron chi connectivity index (χ1n) is 8.61. The molecule has 0 amide bonds. The fourth-order valence-corrected chi connectivity index (χ4v) is 3.27. The minimum absolute atomic E-state index is 0.269. The molecule has 0 aromatic heterocycles. The molecule has 25 heavy (non-hydrogen) atoms. The maximum Gasteiger partial charge on any atom is 0.125 e. The van der Waals surface area contributed by atoms with Crippen LogP contribution in [0.5, 0.6) is 5.75 Å². The molecule has 0 spiro atoms. The molecule has 0 radical (unpaired) electrons. The van der Waals surface area contributed by atoms with E-state index in [1.165, 1.54) is 5.69 Å². The molecule has 1 N–H and O–H groups in total. The van der Waals surface area contributed by atoms with Crippen molar-refractivity contribution in [3.8, 4) is 5.75 Å². The summed E-state index contributed by atoms with van der Waals surface area (Å²) in [6, 6.07) is 22.2. The van der Waals surface area contributed by atoms with Crippen molar-refractivity contribution in [2.75, 3.05) is 31.1 Å². The molecule has 0 bridgehead atoms. The summed E-state index contributed by atoms with van der Waals surface area (Å²) in [7, 11) is 0. The Morgan fingerprint density at radius 1 is 0.800 bits per heavy atom. The molecule has 1 aliphatic rings. The predicted octanol–water partition coefficient (Wildman–Crippen LogP) is 3.70. The van der Waals surface area contributed by atoms with Gasteiger partial charge in [-0.1, -0.05) is 48.5 Å². The van der Waals surface area contributed by atoms with Crippen LogP contribution in [-0.4, -0.2) is 42.5 Å². The van der Waals surface area contributed by atoms with Gasteiger partial charge in [0, 0.05) is 24.3 Å². The van der Waals surface area contributed by atoms with Gasteiger partial charge in [0.2, 0.25) is 0 Å². The minimum Gasteiger partial charge on any atom is -0.507 e. The van der Waals surface area contributed by atoms with Crippen molar-refractivity contribution >= 4 is 22.7 Å². The van der Waals surface area contributed by atoms with Crippen LogP contribution in [0.15, 0.2) is 71.8 Å². The summed E-state index contributed by atoms with van der Waals surface area (Å²) < 4.78 is 0. The van der Waals surface area contributed by atoms with Crippen LogP contribution in [0.3, 0.4) is 0 Å². The van der Waals surface area contributed by atoms with E-state index in [-0.39, 0.29) is 5.75 Å². The van der Waals surface area contributed by atoms with E-state index in [2.05, 4.69) is 39.3 Å². The first-order valence-corrected chi connectivity index (χ1v) is 8.61. The van der Waals surface area contributed by atoms with Crippen LogP contribution in [0, 0.1) is 0 Å². The average Bonchev–Trinajstić information content (AvgIpc) is 2.68. The van der Waals surface area contributed by atoms with Gasteiger partial charge in [-0.15, -0.1) is 0 Å². The van der Waals surface area contributed by atoms with Gasteiger partial charge in [-0.3, -0.25) is 5.01 Å². The highest BCUT2D eigenvalue weighted by atomic mass is 16.3. The smallest absolute Gasteiger partial charge is 0.125 e. The third-order valence-corrected chi connectivity index (χ3v) is 4.68. The standard InChI is InChI=1S/C21H21N3O/c25-21-11-10-17-6-4-5-9-19(17)20(21)16-22-24-14-12-23(13-15-24)18-7-2-1-3-8-18/h1-11,16,25H,12-15H2. The number of phenols is 1. The van der Waals surface area contributed by atoms with Crippen molar-refractivity contribution in [2.24, 2.45) is 5.10 Å². The van der Waals surface area contributed by atoms with Crippen molar-refractivity contribution in [1.29, 1.82) is 0 Å². The molecular weight excluding hydrogens is 310 g/mol. The van der Waals surface area contributed by atoms with Gasteiger partial charge < -0.3 is 10.0 Å². The van der Waals surface area contributed by atoms with Crippen LogP contribution in [0.25, 0.3) is 10.8 Å². The maximum absolute atomic E-state index is 10.2. The van der Waals surface area contributed by atoms with Gasteiger partial charge in [-0.2, -0.15) is 5.10 Å². The summed E-state index contributed by atoms with van der Waals surface area (Å²) in [5.41, 5.74) is 2.04. The molecule has 4 rings (SSSR count). The van der Waals surface area contributed by atoms with Crippen LogP contribution in [0.1, 0.15) is 5.56 Å². The molecule has 0 saturated carbocycles. The Morgan fingerprint density at radius 2 is 1.52 bits per heavy atom. The zero-order chi connectivity index (χ0) is 17.1. The predicted molar refractivity (Wildman–Crippen MR) is 103 cm³/mol. The quantitative estimate of drug-likeness (QED) is 0.744. The highest BCUT2D eigenvalue weighted by molar-refractivity contribution is 6.02. The topological polar surface area (TPSA) is 39.1 Å². The molecule has 4 nitrogen and oxygen atoms in total. The molecule has 0 unspecified atom stereocenters. The number of nitrogens with zero attached hydrogens (tertiary/aromatic N) is 3. The van der Waals surface area contributed by atoms with Crippen molar-refractivity contribution in [1.82, 2.24) is 5.01 Å². The highest BCUT2D eigenvalue weighted by Crippen LogP contribution is 2.25. The third-order valence-electron chi connectivity index (χ3n) is 4.68. The van der Waals surface area contributed by atoms with Crippen LogP contribution < -0.4 is 4.90 Å². The Balaban J connectivity index is 1.48. The van der Waals surface area contributed by atoms with Gasteiger partial charge >= 0.3 is 0 Å². The fourth-order valence-electron chi connectivity index (χ4n) is 3.27. The number of anilines is 1. The van der Waals surface area contributed by atoms with E-state index < -0.39 is 0 Å². The van der Waals surface area contributed by atoms with Crippen LogP contribution in [0.2, 0.25) is 0 Å². The van der Waals surface area contributed by atoms with E-state index in [1.807, 2.05) is 36.4 Å². The summed E-state index contributed by atoms with van der Waals surface area (Å²) >= 11 is 0. The lowest BCUT2D eigenvalue weighted by molar-refractivity contribution is 0.272.